The quantitative estimate of drug-likeness (QED) is 0.639. The van der Waals surface area contributed by atoms with Crippen LogP contribution in [0.15, 0.2) is 23.1 Å². The average molecular weight is 482 g/mol. The fourth-order valence-corrected chi connectivity index (χ4v) is 8.39. The third-order valence-corrected chi connectivity index (χ3v) is 10.3. The van der Waals surface area contributed by atoms with Gasteiger partial charge in [-0.05, 0) is 69.2 Å². The molecule has 1 aliphatic carbocycles. The number of hydrogen-bond donors (Lipinski definition) is 0. The van der Waals surface area contributed by atoms with Gasteiger partial charge in [0.15, 0.2) is 0 Å². The molecule has 0 spiro atoms. The first-order valence-corrected chi connectivity index (χ1v) is 13.8. The fourth-order valence-electron chi connectivity index (χ4n) is 5.94. The van der Waals surface area contributed by atoms with Gasteiger partial charge in [-0.3, -0.25) is 4.79 Å². The molecular weight excluding hydrogens is 446 g/mol. The van der Waals surface area contributed by atoms with E-state index in [0.29, 0.717) is 6.42 Å². The SMILES string of the molecule is CCN1CCC(N(C)C(=O)C2CC3CCCCC3N2S(=O)(=O)c2ccc(C)cc2Cl)CC1. The molecule has 1 amide bonds. The number of amides is 1. The van der Waals surface area contributed by atoms with Crippen LogP contribution < -0.4 is 0 Å². The number of carbonyl (C=O) groups is 1. The molecule has 6 nitrogen and oxygen atoms in total. The van der Waals surface area contributed by atoms with Crippen LogP contribution in [0.5, 0.6) is 0 Å². The number of piperidine rings is 1. The molecule has 0 N–H and O–H groups in total. The maximum absolute atomic E-state index is 13.9. The lowest BCUT2D eigenvalue weighted by molar-refractivity contribution is -0.136. The van der Waals surface area contributed by atoms with Gasteiger partial charge in [0.2, 0.25) is 15.9 Å². The second-order valence-corrected chi connectivity index (χ2v) is 12.0. The van der Waals surface area contributed by atoms with Crippen molar-refractivity contribution in [1.82, 2.24) is 14.1 Å². The van der Waals surface area contributed by atoms with Crippen LogP contribution in [0.4, 0.5) is 0 Å². The summed E-state index contributed by atoms with van der Waals surface area (Å²) in [6.07, 6.45) is 6.40. The van der Waals surface area contributed by atoms with E-state index in [9.17, 15) is 13.2 Å². The molecule has 3 fully saturated rings. The van der Waals surface area contributed by atoms with Crippen molar-refractivity contribution in [2.24, 2.45) is 5.92 Å². The average Bonchev–Trinajstić information content (AvgIpc) is 3.18. The number of fused-ring (bicyclic) bond motifs is 1. The first kappa shape index (κ1) is 24.0. The normalized spacial score (nSPS) is 27.9. The summed E-state index contributed by atoms with van der Waals surface area (Å²) < 4.78 is 29.3. The molecule has 3 aliphatic rings. The van der Waals surface area contributed by atoms with Gasteiger partial charge in [0.05, 0.1) is 5.02 Å². The minimum Gasteiger partial charge on any atom is -0.341 e. The monoisotopic (exact) mass is 481 g/mol. The second kappa shape index (κ2) is 9.61. The molecule has 178 valence electrons. The number of nitrogens with zero attached hydrogens (tertiary/aromatic N) is 3. The van der Waals surface area contributed by atoms with Gasteiger partial charge in [-0.2, -0.15) is 4.31 Å². The zero-order chi connectivity index (χ0) is 23.0. The molecule has 1 aromatic rings. The van der Waals surface area contributed by atoms with E-state index in [1.165, 1.54) is 0 Å². The Morgan fingerprint density at radius 2 is 1.84 bits per heavy atom. The first-order chi connectivity index (χ1) is 15.2. The summed E-state index contributed by atoms with van der Waals surface area (Å²) in [7, 11) is -2.02. The molecule has 32 heavy (non-hydrogen) atoms. The van der Waals surface area contributed by atoms with Gasteiger partial charge < -0.3 is 9.80 Å². The number of carbonyl (C=O) groups excluding carboxylic acids is 1. The van der Waals surface area contributed by atoms with Crippen molar-refractivity contribution in [3.63, 3.8) is 0 Å². The highest BCUT2D eigenvalue weighted by Gasteiger charge is 2.52. The molecule has 8 heteroatoms. The lowest BCUT2D eigenvalue weighted by Gasteiger charge is -2.39. The van der Waals surface area contributed by atoms with Crippen LogP contribution in [-0.2, 0) is 14.8 Å². The molecule has 3 unspecified atom stereocenters. The Balaban J connectivity index is 1.63. The molecule has 0 bridgehead atoms. The highest BCUT2D eigenvalue weighted by atomic mass is 35.5. The molecular formula is C24H36ClN3O3S. The lowest BCUT2D eigenvalue weighted by atomic mass is 9.85. The lowest BCUT2D eigenvalue weighted by Crippen LogP contribution is -2.53. The Bertz CT molecular complexity index is 946. The maximum Gasteiger partial charge on any atom is 0.245 e. The minimum absolute atomic E-state index is 0.0545. The predicted molar refractivity (Wildman–Crippen MR) is 127 cm³/mol. The van der Waals surface area contributed by atoms with E-state index in [0.717, 1.165) is 63.7 Å². The van der Waals surface area contributed by atoms with E-state index in [2.05, 4.69) is 11.8 Å². The smallest absolute Gasteiger partial charge is 0.245 e. The summed E-state index contributed by atoms with van der Waals surface area (Å²) in [5, 5.41) is 0.232. The maximum atomic E-state index is 13.9. The Kier molecular flexibility index (Phi) is 7.20. The number of sulfonamides is 1. The predicted octanol–water partition coefficient (Wildman–Crippen LogP) is 3.91. The number of likely N-dealkylation sites (N-methyl/N-ethyl adjacent to an activating group) is 1. The summed E-state index contributed by atoms with van der Waals surface area (Å²) >= 11 is 6.40. The first-order valence-electron chi connectivity index (χ1n) is 12.0. The summed E-state index contributed by atoms with van der Waals surface area (Å²) in [6, 6.07) is 4.47. The molecule has 3 atom stereocenters. The van der Waals surface area contributed by atoms with E-state index in [1.807, 2.05) is 18.9 Å². The zero-order valence-electron chi connectivity index (χ0n) is 19.5. The summed E-state index contributed by atoms with van der Waals surface area (Å²) in [6.45, 7) is 7.04. The summed E-state index contributed by atoms with van der Waals surface area (Å²) in [5.74, 6) is 0.188. The number of hydrogen-bond acceptors (Lipinski definition) is 4. The van der Waals surface area contributed by atoms with Crippen molar-refractivity contribution in [2.45, 2.75) is 81.8 Å². The molecule has 2 heterocycles. The third-order valence-electron chi connectivity index (χ3n) is 7.86. The third kappa shape index (κ3) is 4.46. The standard InChI is InChI=1S/C24H36ClN3O3S/c1-4-27-13-11-19(12-14-27)26(3)24(29)22-16-18-7-5-6-8-21(18)28(22)32(30,31)23-10-9-17(2)15-20(23)25/h9-10,15,18-19,21-22H,4-8,11-14,16H2,1-3H3. The molecule has 1 aromatic carbocycles. The van der Waals surface area contributed by atoms with Crippen molar-refractivity contribution in [2.75, 3.05) is 26.7 Å². The fraction of sp³-hybridized carbons (Fsp3) is 0.708. The van der Waals surface area contributed by atoms with Gasteiger partial charge in [0, 0.05) is 32.2 Å². The van der Waals surface area contributed by atoms with Crippen molar-refractivity contribution < 1.29 is 13.2 Å². The largest absolute Gasteiger partial charge is 0.341 e. The van der Waals surface area contributed by atoms with E-state index in [4.69, 9.17) is 11.6 Å². The van der Waals surface area contributed by atoms with Gasteiger partial charge in [-0.15, -0.1) is 0 Å². The number of halogens is 1. The van der Waals surface area contributed by atoms with Gasteiger partial charge >= 0.3 is 0 Å². The number of rotatable bonds is 5. The van der Waals surface area contributed by atoms with Gasteiger partial charge in [-0.25, -0.2) is 8.42 Å². The van der Waals surface area contributed by atoms with Crippen LogP contribution in [-0.4, -0.2) is 73.2 Å². The van der Waals surface area contributed by atoms with Crippen LogP contribution in [0.2, 0.25) is 5.02 Å². The summed E-state index contributed by atoms with van der Waals surface area (Å²) in [4.78, 5) is 18.1. The molecule has 0 radical (unpaired) electrons. The number of likely N-dealkylation sites (tertiary alicyclic amines) is 1. The topological polar surface area (TPSA) is 60.9 Å². The highest BCUT2D eigenvalue weighted by Crippen LogP contribution is 2.44. The molecule has 2 saturated heterocycles. The Hall–Kier alpha value is -1.15. The Morgan fingerprint density at radius 3 is 2.50 bits per heavy atom. The van der Waals surface area contributed by atoms with Gasteiger partial charge in [-0.1, -0.05) is 37.4 Å². The Labute approximate surface area is 197 Å². The van der Waals surface area contributed by atoms with Crippen molar-refractivity contribution >= 4 is 27.5 Å². The minimum atomic E-state index is -3.88. The van der Waals surface area contributed by atoms with Gasteiger partial charge in [0.25, 0.3) is 0 Å². The molecule has 4 rings (SSSR count). The van der Waals surface area contributed by atoms with Crippen LogP contribution in [0.3, 0.4) is 0 Å². The van der Waals surface area contributed by atoms with Crippen LogP contribution in [0.1, 0.15) is 57.4 Å². The van der Waals surface area contributed by atoms with Crippen LogP contribution in [0, 0.1) is 12.8 Å². The zero-order valence-corrected chi connectivity index (χ0v) is 21.0. The molecule has 0 aromatic heterocycles. The number of benzene rings is 1. The number of aryl methyl sites for hydroxylation is 1. The highest BCUT2D eigenvalue weighted by molar-refractivity contribution is 7.89. The summed E-state index contributed by atoms with van der Waals surface area (Å²) in [5.41, 5.74) is 0.914. The van der Waals surface area contributed by atoms with Crippen molar-refractivity contribution in [3.8, 4) is 0 Å². The Morgan fingerprint density at radius 1 is 1.16 bits per heavy atom. The second-order valence-electron chi connectivity index (χ2n) is 9.75. The van der Waals surface area contributed by atoms with Gasteiger partial charge in [0.1, 0.15) is 10.9 Å². The molecule has 2 aliphatic heterocycles. The van der Waals surface area contributed by atoms with E-state index < -0.39 is 16.1 Å². The van der Waals surface area contributed by atoms with E-state index >= 15 is 0 Å². The van der Waals surface area contributed by atoms with E-state index in [1.54, 1.807) is 22.5 Å². The van der Waals surface area contributed by atoms with Crippen molar-refractivity contribution in [3.05, 3.63) is 28.8 Å². The van der Waals surface area contributed by atoms with Crippen LogP contribution in [0.25, 0.3) is 0 Å². The van der Waals surface area contributed by atoms with Crippen LogP contribution >= 0.6 is 11.6 Å². The van der Waals surface area contributed by atoms with E-state index in [-0.39, 0.29) is 33.8 Å². The van der Waals surface area contributed by atoms with Crippen molar-refractivity contribution in [1.29, 1.82) is 0 Å². The molecule has 1 saturated carbocycles.